The Hall–Kier alpha value is -2.44. The first-order valence-corrected chi connectivity index (χ1v) is 6.86. The molecule has 1 N–H and O–H groups in total. The molecule has 2 aromatic rings. The Morgan fingerprint density at radius 3 is 2.24 bits per heavy atom. The van der Waals surface area contributed by atoms with Gasteiger partial charge in [0.2, 0.25) is 0 Å². The summed E-state index contributed by atoms with van der Waals surface area (Å²) in [5.41, 5.74) is 1.93. The molecule has 108 valence electrons. The second kappa shape index (κ2) is 7.98. The van der Waals surface area contributed by atoms with Crippen molar-refractivity contribution >= 4 is 0 Å². The molecule has 0 saturated carbocycles. The van der Waals surface area contributed by atoms with Crippen LogP contribution in [-0.2, 0) is 6.61 Å². The van der Waals surface area contributed by atoms with Crippen molar-refractivity contribution in [3.8, 4) is 23.3 Å². The van der Waals surface area contributed by atoms with Gasteiger partial charge in [-0.3, -0.25) is 0 Å². The van der Waals surface area contributed by atoms with E-state index in [1.54, 1.807) is 0 Å². The van der Waals surface area contributed by atoms with Crippen molar-refractivity contribution in [2.45, 2.75) is 13.5 Å². The molecule has 0 aromatic heterocycles. The first-order chi connectivity index (χ1) is 10.3. The Morgan fingerprint density at radius 2 is 1.62 bits per heavy atom. The van der Waals surface area contributed by atoms with Gasteiger partial charge in [-0.05, 0) is 36.8 Å². The summed E-state index contributed by atoms with van der Waals surface area (Å²) in [6.07, 6.45) is 0. The minimum absolute atomic E-state index is 0.126. The molecule has 0 amide bonds. The van der Waals surface area contributed by atoms with Gasteiger partial charge in [0.1, 0.15) is 13.2 Å². The number of rotatable bonds is 5. The van der Waals surface area contributed by atoms with Gasteiger partial charge in [0.25, 0.3) is 0 Å². The number of hydrogen-bond acceptors (Lipinski definition) is 3. The molecule has 0 radical (unpaired) electrons. The van der Waals surface area contributed by atoms with Crippen LogP contribution in [0.25, 0.3) is 0 Å². The average molecular weight is 282 g/mol. The molecule has 0 spiro atoms. The molecule has 0 bridgehead atoms. The summed E-state index contributed by atoms with van der Waals surface area (Å²) in [7, 11) is 0. The van der Waals surface area contributed by atoms with Crippen molar-refractivity contribution in [2.24, 2.45) is 0 Å². The molecule has 0 heterocycles. The molecule has 0 atom stereocenters. The van der Waals surface area contributed by atoms with Gasteiger partial charge < -0.3 is 14.6 Å². The zero-order valence-corrected chi connectivity index (χ0v) is 12.0. The number of ether oxygens (including phenoxy) is 2. The minimum atomic E-state index is -0.126. The second-order valence-electron chi connectivity index (χ2n) is 4.33. The maximum absolute atomic E-state index is 8.66. The Bertz CT molecular complexity index is 621. The van der Waals surface area contributed by atoms with Crippen molar-refractivity contribution < 1.29 is 14.6 Å². The summed E-state index contributed by atoms with van der Waals surface area (Å²) in [4.78, 5) is 0. The van der Waals surface area contributed by atoms with E-state index >= 15 is 0 Å². The Labute approximate surface area is 125 Å². The minimum Gasteiger partial charge on any atom is -0.490 e. The van der Waals surface area contributed by atoms with Gasteiger partial charge >= 0.3 is 0 Å². The number of para-hydroxylation sites is 2. The highest BCUT2D eigenvalue weighted by Gasteiger charge is 2.03. The van der Waals surface area contributed by atoms with E-state index in [0.29, 0.717) is 13.2 Å². The van der Waals surface area contributed by atoms with Crippen LogP contribution in [0, 0.1) is 11.8 Å². The van der Waals surface area contributed by atoms with Crippen molar-refractivity contribution in [2.75, 3.05) is 13.2 Å². The van der Waals surface area contributed by atoms with Crippen LogP contribution >= 0.6 is 0 Å². The molecule has 3 nitrogen and oxygen atoms in total. The van der Waals surface area contributed by atoms with E-state index in [2.05, 4.69) is 11.8 Å². The van der Waals surface area contributed by atoms with Gasteiger partial charge in [-0.2, -0.15) is 0 Å². The normalized spacial score (nSPS) is 9.62. The zero-order valence-electron chi connectivity index (χ0n) is 12.0. The lowest BCUT2D eigenvalue weighted by molar-refractivity contribution is 0.269. The maximum Gasteiger partial charge on any atom is 0.161 e. The summed E-state index contributed by atoms with van der Waals surface area (Å²) in [5, 5.41) is 8.66. The van der Waals surface area contributed by atoms with E-state index < -0.39 is 0 Å². The first kappa shape index (κ1) is 15.0. The second-order valence-corrected chi connectivity index (χ2v) is 4.33. The van der Waals surface area contributed by atoms with E-state index in [9.17, 15) is 0 Å². The molecule has 0 aliphatic carbocycles. The van der Waals surface area contributed by atoms with E-state index in [-0.39, 0.29) is 6.61 Å². The molecule has 3 heteroatoms. The first-order valence-electron chi connectivity index (χ1n) is 6.86. The molecule has 0 aliphatic rings. The van der Waals surface area contributed by atoms with Crippen molar-refractivity contribution in [3.05, 3.63) is 59.7 Å². The van der Waals surface area contributed by atoms with Crippen LogP contribution in [0.15, 0.2) is 48.5 Å². The van der Waals surface area contributed by atoms with Crippen LogP contribution in [-0.4, -0.2) is 18.3 Å². The summed E-state index contributed by atoms with van der Waals surface area (Å²) in [5.74, 6) is 6.98. The third kappa shape index (κ3) is 4.55. The highest BCUT2D eigenvalue weighted by atomic mass is 16.5. The van der Waals surface area contributed by atoms with Crippen LogP contribution in [0.1, 0.15) is 18.1 Å². The van der Waals surface area contributed by atoms with E-state index in [1.165, 1.54) is 0 Å². The van der Waals surface area contributed by atoms with Crippen LogP contribution in [0.2, 0.25) is 0 Å². The van der Waals surface area contributed by atoms with Gasteiger partial charge in [-0.25, -0.2) is 0 Å². The predicted octanol–water partition coefficient (Wildman–Crippen LogP) is 3.01. The molecule has 0 aliphatic heterocycles. The Kier molecular flexibility index (Phi) is 5.69. The third-order valence-electron chi connectivity index (χ3n) is 2.81. The largest absolute Gasteiger partial charge is 0.490 e. The Balaban J connectivity index is 2.00. The number of aliphatic hydroxyl groups excluding tert-OH is 1. The van der Waals surface area contributed by atoms with Gasteiger partial charge in [0, 0.05) is 5.56 Å². The summed E-state index contributed by atoms with van der Waals surface area (Å²) in [6.45, 7) is 2.90. The molecular weight excluding hydrogens is 264 g/mol. The number of aliphatic hydroxyl groups is 1. The van der Waals surface area contributed by atoms with Crippen molar-refractivity contribution in [3.63, 3.8) is 0 Å². The molecule has 21 heavy (non-hydrogen) atoms. The quantitative estimate of drug-likeness (QED) is 0.857. The molecule has 0 unspecified atom stereocenters. The predicted molar refractivity (Wildman–Crippen MR) is 82.3 cm³/mol. The van der Waals surface area contributed by atoms with Gasteiger partial charge in [0.05, 0.1) is 6.61 Å². The third-order valence-corrected chi connectivity index (χ3v) is 2.81. The summed E-state index contributed by atoms with van der Waals surface area (Å²) >= 11 is 0. The van der Waals surface area contributed by atoms with Crippen LogP contribution in [0.5, 0.6) is 11.5 Å². The number of benzene rings is 2. The highest BCUT2D eigenvalue weighted by molar-refractivity contribution is 5.40. The van der Waals surface area contributed by atoms with Gasteiger partial charge in [-0.1, -0.05) is 36.1 Å². The smallest absolute Gasteiger partial charge is 0.161 e. The average Bonchev–Trinajstić information content (AvgIpc) is 2.53. The monoisotopic (exact) mass is 282 g/mol. The number of hydrogen-bond donors (Lipinski definition) is 1. The zero-order chi connectivity index (χ0) is 14.9. The fourth-order valence-corrected chi connectivity index (χ4v) is 1.83. The van der Waals surface area contributed by atoms with Crippen molar-refractivity contribution in [1.82, 2.24) is 0 Å². The highest BCUT2D eigenvalue weighted by Crippen LogP contribution is 2.27. The fraction of sp³-hybridized carbons (Fsp3) is 0.222. The lowest BCUT2D eigenvalue weighted by Crippen LogP contribution is -1.99. The molecule has 0 fully saturated rings. The van der Waals surface area contributed by atoms with Crippen LogP contribution in [0.4, 0.5) is 0 Å². The lowest BCUT2D eigenvalue weighted by atomic mass is 10.1. The van der Waals surface area contributed by atoms with Gasteiger partial charge in [-0.15, -0.1) is 0 Å². The lowest BCUT2D eigenvalue weighted by Gasteiger charge is -2.11. The Morgan fingerprint density at radius 1 is 0.952 bits per heavy atom. The van der Waals surface area contributed by atoms with Gasteiger partial charge in [0.15, 0.2) is 11.5 Å². The van der Waals surface area contributed by atoms with Crippen molar-refractivity contribution in [1.29, 1.82) is 0 Å². The van der Waals surface area contributed by atoms with Crippen LogP contribution < -0.4 is 9.47 Å². The topological polar surface area (TPSA) is 38.7 Å². The molecule has 2 aromatic carbocycles. The molecular formula is C18H18O3. The maximum atomic E-state index is 8.66. The summed E-state index contributed by atoms with van der Waals surface area (Å²) < 4.78 is 11.3. The molecule has 0 saturated heterocycles. The van der Waals surface area contributed by atoms with E-state index in [1.807, 2.05) is 55.5 Å². The van der Waals surface area contributed by atoms with E-state index in [0.717, 1.165) is 22.6 Å². The molecule has 2 rings (SSSR count). The standard InChI is InChI=1S/C18H18O3/c1-2-20-17-7-3-4-8-18(17)21-14-16-11-9-15(10-12-16)6-5-13-19/h3-4,7-12,19H,2,13-14H2,1H3. The van der Waals surface area contributed by atoms with Crippen LogP contribution in [0.3, 0.4) is 0 Å². The SMILES string of the molecule is CCOc1ccccc1OCc1ccc(C#CCO)cc1. The summed E-state index contributed by atoms with van der Waals surface area (Å²) in [6, 6.07) is 15.4. The fourth-order valence-electron chi connectivity index (χ4n) is 1.83. The van der Waals surface area contributed by atoms with E-state index in [4.69, 9.17) is 14.6 Å².